The molecule has 0 aliphatic heterocycles. The lowest BCUT2D eigenvalue weighted by Crippen LogP contribution is -2.02. The smallest absolute Gasteiger partial charge is 0.303 e. The maximum absolute atomic E-state index is 10.2. The topological polar surface area (TPSA) is 70.3 Å². The number of hydrogen-bond acceptors (Lipinski definition) is 3. The van der Waals surface area contributed by atoms with E-state index < -0.39 is 5.97 Å². The van der Waals surface area contributed by atoms with E-state index in [1.54, 1.807) is 12.1 Å². The highest BCUT2D eigenvalue weighted by molar-refractivity contribution is 6.32. The fourth-order valence-electron chi connectivity index (χ4n) is 1.09. The summed E-state index contributed by atoms with van der Waals surface area (Å²) in [5, 5.41) is 17.4. The molecule has 0 fully saturated rings. The molecule has 4 nitrogen and oxygen atoms in total. The van der Waals surface area contributed by atoms with Crippen molar-refractivity contribution in [2.45, 2.75) is 12.8 Å². The highest BCUT2D eigenvalue weighted by Gasteiger charge is 2.03. The maximum atomic E-state index is 10.2. The highest BCUT2D eigenvalue weighted by atomic mass is 35.5. The molecule has 1 N–H and O–H groups in total. The van der Waals surface area contributed by atoms with Crippen LogP contribution in [0.3, 0.4) is 0 Å². The van der Waals surface area contributed by atoms with Gasteiger partial charge in [-0.3, -0.25) is 4.79 Å². The largest absolute Gasteiger partial charge is 0.492 e. The first-order valence-electron chi connectivity index (χ1n) is 4.67. The summed E-state index contributed by atoms with van der Waals surface area (Å²) >= 11 is 5.86. The Labute approximate surface area is 98.0 Å². The Balaban J connectivity index is 2.49. The summed E-state index contributed by atoms with van der Waals surface area (Å²) in [6, 6.07) is 6.66. The van der Waals surface area contributed by atoms with Gasteiger partial charge in [0.1, 0.15) is 5.75 Å². The second-order valence-electron chi connectivity index (χ2n) is 3.10. The predicted molar refractivity (Wildman–Crippen MR) is 58.5 cm³/mol. The number of ether oxygens (including phenoxy) is 1. The van der Waals surface area contributed by atoms with Crippen molar-refractivity contribution < 1.29 is 14.6 Å². The second kappa shape index (κ2) is 5.99. The third kappa shape index (κ3) is 3.79. The molecule has 0 radical (unpaired) electrons. The van der Waals surface area contributed by atoms with Gasteiger partial charge in [0, 0.05) is 6.42 Å². The van der Waals surface area contributed by atoms with Gasteiger partial charge >= 0.3 is 5.97 Å². The summed E-state index contributed by atoms with van der Waals surface area (Å²) in [5.41, 5.74) is 0.461. The molecule has 0 spiro atoms. The number of rotatable bonds is 5. The Morgan fingerprint density at radius 3 is 2.88 bits per heavy atom. The number of nitriles is 1. The van der Waals surface area contributed by atoms with Crippen LogP contribution in [0.1, 0.15) is 18.4 Å². The van der Waals surface area contributed by atoms with Gasteiger partial charge in [0.2, 0.25) is 0 Å². The van der Waals surface area contributed by atoms with Crippen LogP contribution >= 0.6 is 11.6 Å². The Bertz CT molecular complexity index is 426. The van der Waals surface area contributed by atoms with Gasteiger partial charge in [-0.15, -0.1) is 0 Å². The number of carbonyl (C=O) groups is 1. The molecule has 1 rings (SSSR count). The van der Waals surface area contributed by atoms with Gasteiger partial charge in [-0.1, -0.05) is 11.6 Å². The number of benzene rings is 1. The van der Waals surface area contributed by atoms with E-state index in [2.05, 4.69) is 0 Å². The molecule has 16 heavy (non-hydrogen) atoms. The second-order valence-corrected chi connectivity index (χ2v) is 3.51. The first-order chi connectivity index (χ1) is 7.63. The SMILES string of the molecule is N#Cc1ccc(OCCCC(=O)O)c(Cl)c1. The summed E-state index contributed by atoms with van der Waals surface area (Å²) in [6.07, 6.45) is 0.486. The Morgan fingerprint density at radius 2 is 2.31 bits per heavy atom. The van der Waals surface area contributed by atoms with Gasteiger partial charge < -0.3 is 9.84 Å². The number of nitrogens with zero attached hydrogens (tertiary/aromatic N) is 1. The number of hydrogen-bond donors (Lipinski definition) is 1. The van der Waals surface area contributed by atoms with E-state index in [0.29, 0.717) is 22.8 Å². The standard InChI is InChI=1S/C11H10ClNO3/c12-9-6-8(7-13)3-4-10(9)16-5-1-2-11(14)15/h3-4,6H,1-2,5H2,(H,14,15). The van der Waals surface area contributed by atoms with E-state index >= 15 is 0 Å². The maximum Gasteiger partial charge on any atom is 0.303 e. The van der Waals surface area contributed by atoms with Crippen molar-refractivity contribution in [3.05, 3.63) is 28.8 Å². The third-order valence-corrected chi connectivity index (χ3v) is 2.15. The van der Waals surface area contributed by atoms with Crippen molar-refractivity contribution in [2.24, 2.45) is 0 Å². The Kier molecular flexibility index (Phi) is 4.62. The van der Waals surface area contributed by atoms with Crippen molar-refractivity contribution in [1.29, 1.82) is 5.26 Å². The van der Waals surface area contributed by atoms with Gasteiger partial charge in [-0.2, -0.15) is 5.26 Å². The summed E-state index contributed by atoms with van der Waals surface area (Å²) < 4.78 is 5.28. The van der Waals surface area contributed by atoms with Crippen LogP contribution in [0.4, 0.5) is 0 Å². The van der Waals surface area contributed by atoms with Gasteiger partial charge in [-0.25, -0.2) is 0 Å². The van der Waals surface area contributed by atoms with Crippen molar-refractivity contribution in [3.8, 4) is 11.8 Å². The first kappa shape index (κ1) is 12.3. The lowest BCUT2D eigenvalue weighted by molar-refractivity contribution is -0.137. The summed E-state index contributed by atoms with van der Waals surface area (Å²) in [7, 11) is 0. The molecular formula is C11H10ClNO3. The van der Waals surface area contributed by atoms with Crippen molar-refractivity contribution in [2.75, 3.05) is 6.61 Å². The van der Waals surface area contributed by atoms with Crippen LogP contribution in [0.2, 0.25) is 5.02 Å². The van der Waals surface area contributed by atoms with Crippen LogP contribution in [0.25, 0.3) is 0 Å². The first-order valence-corrected chi connectivity index (χ1v) is 5.05. The lowest BCUT2D eigenvalue weighted by atomic mass is 10.2. The third-order valence-electron chi connectivity index (χ3n) is 1.85. The monoisotopic (exact) mass is 239 g/mol. The van der Waals surface area contributed by atoms with Crippen LogP contribution < -0.4 is 4.74 Å². The molecule has 0 atom stereocenters. The minimum absolute atomic E-state index is 0.0634. The molecule has 84 valence electrons. The van der Waals surface area contributed by atoms with E-state index in [1.165, 1.54) is 6.07 Å². The van der Waals surface area contributed by atoms with Crippen molar-refractivity contribution >= 4 is 17.6 Å². The fourth-order valence-corrected chi connectivity index (χ4v) is 1.33. The predicted octanol–water partition coefficient (Wildman–Crippen LogP) is 2.46. The highest BCUT2D eigenvalue weighted by Crippen LogP contribution is 2.25. The molecule has 0 amide bonds. The van der Waals surface area contributed by atoms with Crippen LogP contribution in [0, 0.1) is 11.3 Å². The Morgan fingerprint density at radius 1 is 1.56 bits per heavy atom. The van der Waals surface area contributed by atoms with Gasteiger partial charge in [0.15, 0.2) is 0 Å². The summed E-state index contributed by atoms with van der Waals surface area (Å²) in [5.74, 6) is -0.388. The molecule has 0 aromatic heterocycles. The van der Waals surface area contributed by atoms with Crippen LogP contribution in [-0.4, -0.2) is 17.7 Å². The minimum Gasteiger partial charge on any atom is -0.492 e. The molecule has 0 saturated carbocycles. The minimum atomic E-state index is -0.852. The number of halogens is 1. The van der Waals surface area contributed by atoms with E-state index in [1.807, 2.05) is 6.07 Å². The zero-order valence-electron chi connectivity index (χ0n) is 8.44. The van der Waals surface area contributed by atoms with Crippen molar-refractivity contribution in [3.63, 3.8) is 0 Å². The quantitative estimate of drug-likeness (QED) is 0.802. The van der Waals surface area contributed by atoms with Crippen molar-refractivity contribution in [1.82, 2.24) is 0 Å². The van der Waals surface area contributed by atoms with E-state index in [9.17, 15) is 4.79 Å². The van der Waals surface area contributed by atoms with Gasteiger partial charge in [0.05, 0.1) is 23.3 Å². The summed E-state index contributed by atoms with van der Waals surface area (Å²) in [6.45, 7) is 0.290. The number of carboxylic acids is 1. The molecule has 5 heteroatoms. The normalized spacial score (nSPS) is 9.50. The van der Waals surface area contributed by atoms with Crippen LogP contribution in [-0.2, 0) is 4.79 Å². The molecular weight excluding hydrogens is 230 g/mol. The van der Waals surface area contributed by atoms with Crippen LogP contribution in [0.5, 0.6) is 5.75 Å². The van der Waals surface area contributed by atoms with E-state index in [4.69, 9.17) is 26.7 Å². The lowest BCUT2D eigenvalue weighted by Gasteiger charge is -2.06. The van der Waals surface area contributed by atoms with Gasteiger partial charge in [0.25, 0.3) is 0 Å². The number of carboxylic acid groups (broad SMARTS) is 1. The average molecular weight is 240 g/mol. The van der Waals surface area contributed by atoms with E-state index in [-0.39, 0.29) is 13.0 Å². The zero-order valence-corrected chi connectivity index (χ0v) is 9.20. The molecule has 0 heterocycles. The molecule has 1 aromatic carbocycles. The molecule has 0 aliphatic rings. The molecule has 1 aromatic rings. The van der Waals surface area contributed by atoms with Crippen LogP contribution in [0.15, 0.2) is 18.2 Å². The molecule has 0 aliphatic carbocycles. The molecule has 0 unspecified atom stereocenters. The average Bonchev–Trinajstić information content (AvgIpc) is 2.25. The fraction of sp³-hybridized carbons (Fsp3) is 0.273. The zero-order chi connectivity index (χ0) is 12.0. The van der Waals surface area contributed by atoms with E-state index in [0.717, 1.165) is 0 Å². The summed E-state index contributed by atoms with van der Waals surface area (Å²) in [4.78, 5) is 10.2. The van der Waals surface area contributed by atoms with Gasteiger partial charge in [-0.05, 0) is 24.6 Å². The molecule has 0 saturated heterocycles. The molecule has 0 bridgehead atoms. The number of aliphatic carboxylic acids is 1. The Hall–Kier alpha value is -1.73.